The first-order valence-corrected chi connectivity index (χ1v) is 18.0. The van der Waals surface area contributed by atoms with Crippen LogP contribution < -0.4 is 30.7 Å². The van der Waals surface area contributed by atoms with Crippen LogP contribution in [0.15, 0.2) is 67.3 Å². The normalized spacial score (nSPS) is 18.0. The molecule has 0 saturated heterocycles. The zero-order chi connectivity index (χ0) is 37.2. The fraction of sp³-hybridized carbons (Fsp3) is 0.171. The van der Waals surface area contributed by atoms with E-state index in [1.54, 1.807) is 12.3 Å². The number of amides is 2. The number of benzene rings is 2. The lowest BCUT2D eigenvalue weighted by Crippen LogP contribution is -2.33. The van der Waals surface area contributed by atoms with Crippen molar-refractivity contribution in [2.24, 2.45) is 0 Å². The van der Waals surface area contributed by atoms with Crippen molar-refractivity contribution >= 4 is 57.9 Å². The van der Waals surface area contributed by atoms with Gasteiger partial charge in [0.05, 0.1) is 23.9 Å². The average molecular weight is 731 g/mol. The minimum absolute atomic E-state index is 0.149. The number of carbonyl (C=O) groups is 2. The molecule has 0 spiro atoms. The van der Waals surface area contributed by atoms with Gasteiger partial charge in [-0.1, -0.05) is 12.1 Å². The second-order valence-electron chi connectivity index (χ2n) is 14.0. The third kappa shape index (κ3) is 5.66. The minimum Gasteiger partial charge on any atom is -0.474 e. The van der Waals surface area contributed by atoms with Crippen LogP contribution in [-0.4, -0.2) is 68.0 Å². The maximum atomic E-state index is 13.2. The third-order valence-corrected chi connectivity index (χ3v) is 10.5. The van der Waals surface area contributed by atoms with Gasteiger partial charge in [-0.25, -0.2) is 9.97 Å². The summed E-state index contributed by atoms with van der Waals surface area (Å²) in [5, 5.41) is 23.4. The van der Waals surface area contributed by atoms with Crippen molar-refractivity contribution in [3.05, 3.63) is 106 Å². The molecule has 272 valence electrons. The Kier molecular flexibility index (Phi) is 7.50. The topological polar surface area (TPSA) is 184 Å². The number of rotatable bonds is 6. The molecule has 55 heavy (non-hydrogen) atoms. The van der Waals surface area contributed by atoms with E-state index >= 15 is 0 Å². The minimum atomic E-state index is -0.185. The number of carbonyl (C=O) groups excluding carboxylic acids is 2. The van der Waals surface area contributed by atoms with Crippen molar-refractivity contribution in [1.82, 2.24) is 30.4 Å². The molecule has 8 heterocycles. The smallest absolute Gasteiger partial charge is 0.256 e. The van der Waals surface area contributed by atoms with Crippen molar-refractivity contribution in [2.45, 2.75) is 26.4 Å². The van der Waals surface area contributed by atoms with Gasteiger partial charge < -0.3 is 35.7 Å². The van der Waals surface area contributed by atoms with E-state index in [0.717, 1.165) is 85.1 Å². The van der Waals surface area contributed by atoms with E-state index in [1.165, 1.54) is 0 Å². The summed E-state index contributed by atoms with van der Waals surface area (Å²) in [6, 6.07) is 13.9. The molecule has 6 N–H and O–H groups in total. The number of nitrogens with zero attached hydrogens (tertiary/aromatic N) is 4. The maximum Gasteiger partial charge on any atom is 0.256 e. The van der Waals surface area contributed by atoms with E-state index < -0.39 is 0 Å². The summed E-state index contributed by atoms with van der Waals surface area (Å²) in [6.45, 7) is 6.00. The monoisotopic (exact) mass is 730 g/mol. The molecule has 6 aromatic rings. The molecule has 0 fully saturated rings. The van der Waals surface area contributed by atoms with Crippen LogP contribution in [0, 0.1) is 13.8 Å². The third-order valence-electron chi connectivity index (χ3n) is 10.5. The average Bonchev–Trinajstić information content (AvgIpc) is 4.00. The highest BCUT2D eigenvalue weighted by Gasteiger charge is 2.29. The van der Waals surface area contributed by atoms with Crippen LogP contribution in [0.25, 0.3) is 45.6 Å². The van der Waals surface area contributed by atoms with Gasteiger partial charge in [0.1, 0.15) is 29.8 Å². The van der Waals surface area contributed by atoms with Crippen molar-refractivity contribution in [1.29, 1.82) is 0 Å². The number of nitrogens with one attached hydrogen (secondary N) is 6. The van der Waals surface area contributed by atoms with Gasteiger partial charge in [-0.2, -0.15) is 15.4 Å². The Labute approximate surface area is 314 Å². The highest BCUT2D eigenvalue weighted by Crippen LogP contribution is 2.42. The fourth-order valence-corrected chi connectivity index (χ4v) is 7.71. The van der Waals surface area contributed by atoms with E-state index in [-0.39, 0.29) is 17.9 Å². The van der Waals surface area contributed by atoms with Crippen LogP contribution in [0.1, 0.15) is 39.2 Å². The molecule has 2 aromatic carbocycles. The van der Waals surface area contributed by atoms with Gasteiger partial charge >= 0.3 is 0 Å². The first-order chi connectivity index (χ1) is 26.9. The summed E-state index contributed by atoms with van der Waals surface area (Å²) in [6.07, 6.45) is 11.3. The van der Waals surface area contributed by atoms with Gasteiger partial charge in [0.25, 0.3) is 11.8 Å². The molecule has 4 aliphatic heterocycles. The largest absolute Gasteiger partial charge is 0.474 e. The van der Waals surface area contributed by atoms with Crippen LogP contribution in [0.3, 0.4) is 0 Å². The maximum absolute atomic E-state index is 13.2. The van der Waals surface area contributed by atoms with Gasteiger partial charge in [-0.3, -0.25) is 9.59 Å². The quantitative estimate of drug-likeness (QED) is 0.110. The van der Waals surface area contributed by atoms with E-state index in [0.29, 0.717) is 48.2 Å². The number of pyridine rings is 2. The van der Waals surface area contributed by atoms with E-state index in [2.05, 4.69) is 53.6 Å². The first kappa shape index (κ1) is 32.4. The molecule has 10 rings (SSSR count). The Bertz CT molecular complexity index is 2640. The number of fused-ring (bicyclic) bond motifs is 4. The molecule has 0 radical (unpaired) electrons. The Morgan fingerprint density at radius 1 is 0.782 bits per heavy atom. The van der Waals surface area contributed by atoms with Gasteiger partial charge in [0.2, 0.25) is 11.8 Å². The van der Waals surface area contributed by atoms with Crippen molar-refractivity contribution in [3.63, 3.8) is 0 Å². The summed E-state index contributed by atoms with van der Waals surface area (Å²) in [4.78, 5) is 38.5. The number of aromatic nitrogens is 6. The Hall–Kier alpha value is -7.22. The second kappa shape index (κ2) is 12.7. The van der Waals surface area contributed by atoms with Crippen LogP contribution in [0.2, 0.25) is 0 Å². The summed E-state index contributed by atoms with van der Waals surface area (Å²) in [5.74, 6) is 0.826. The van der Waals surface area contributed by atoms with Crippen LogP contribution in [0.5, 0.6) is 11.8 Å². The molecular formula is C41H34N10O4. The Balaban J connectivity index is 0.857. The molecule has 2 amide bonds. The Morgan fingerprint density at radius 2 is 1.45 bits per heavy atom. The zero-order valence-electron chi connectivity index (χ0n) is 29.8. The van der Waals surface area contributed by atoms with E-state index in [9.17, 15) is 9.59 Å². The fourth-order valence-electron chi connectivity index (χ4n) is 7.71. The predicted octanol–water partition coefficient (Wildman–Crippen LogP) is 6.08. The van der Waals surface area contributed by atoms with Crippen LogP contribution >= 0.6 is 0 Å². The summed E-state index contributed by atoms with van der Waals surface area (Å²) in [5.41, 5.74) is 14.3. The molecule has 1 atom stereocenters. The number of aromatic amines is 2. The van der Waals surface area contributed by atoms with Crippen molar-refractivity contribution < 1.29 is 19.1 Å². The molecular weight excluding hydrogens is 697 g/mol. The number of hydrogen-bond donors (Lipinski definition) is 6. The molecule has 1 unspecified atom stereocenters. The molecule has 14 nitrogen and oxygen atoms in total. The number of H-pyrrole nitrogens is 2. The van der Waals surface area contributed by atoms with Crippen LogP contribution in [-0.2, 0) is 16.0 Å². The summed E-state index contributed by atoms with van der Waals surface area (Å²) < 4.78 is 12.1. The highest BCUT2D eigenvalue weighted by molar-refractivity contribution is 6.35. The zero-order valence-corrected chi connectivity index (χ0v) is 29.8. The lowest BCUT2D eigenvalue weighted by molar-refractivity contribution is -0.111. The number of hydrogen-bond acceptors (Lipinski definition) is 10. The number of anilines is 4. The summed E-state index contributed by atoms with van der Waals surface area (Å²) in [7, 11) is 0. The second-order valence-corrected chi connectivity index (χ2v) is 14.0. The standard InChI is InChI=1S/C41H34N10O4/c1-20-32(18-45-40-36(20)42-7-8-54-40)23-3-5-34-28(11-23)30(38(52)48-34)13-25-9-22(15-43-25)10-27-17-44-37-21(2)33(19-46-41(37)55-27)24-4-6-35-29(12-24)31(39(53)49-35)14-26-16-47-51-50-26/h3-6,9,11-16,18-19,27,42-44H,7-8,10,17H2,1-2H3,(H,48,52)(H,49,53)(H,47,50,51)/b30-13-,31-14-. The van der Waals surface area contributed by atoms with Gasteiger partial charge in [0, 0.05) is 70.9 Å². The Morgan fingerprint density at radius 3 is 2.15 bits per heavy atom. The lowest BCUT2D eigenvalue weighted by atomic mass is 9.96. The first-order valence-electron chi connectivity index (χ1n) is 18.0. The molecule has 4 aromatic heterocycles. The molecule has 0 bridgehead atoms. The SMILES string of the molecule is Cc1c(-c2ccc3c(c2)/C(=C/c2cc(CC4CNc5c(ncc(-c6ccc7c(c6)/C(=C/c6cn[nH]n6)C(=O)N7)c5C)O4)c[nH]2)C(=O)N3)cnc2c1NCCO2. The molecule has 0 aliphatic carbocycles. The predicted molar refractivity (Wildman–Crippen MR) is 210 cm³/mol. The highest BCUT2D eigenvalue weighted by atomic mass is 16.5. The van der Waals surface area contributed by atoms with Gasteiger partial charge in [0.15, 0.2) is 0 Å². The van der Waals surface area contributed by atoms with Crippen LogP contribution in [0.4, 0.5) is 22.7 Å². The van der Waals surface area contributed by atoms with Gasteiger partial charge in [-0.05, 0) is 84.1 Å². The van der Waals surface area contributed by atoms with E-state index in [1.807, 2.05) is 74.1 Å². The molecule has 14 heteroatoms. The lowest BCUT2D eigenvalue weighted by Gasteiger charge is -2.28. The van der Waals surface area contributed by atoms with Crippen molar-refractivity contribution in [3.8, 4) is 34.0 Å². The van der Waals surface area contributed by atoms with E-state index in [4.69, 9.17) is 14.5 Å². The van der Waals surface area contributed by atoms with Crippen molar-refractivity contribution in [2.75, 3.05) is 41.0 Å². The molecule has 4 aliphatic rings. The van der Waals surface area contributed by atoms with Gasteiger partial charge in [-0.15, -0.1) is 0 Å². The molecule has 0 saturated carbocycles. The number of ether oxygens (including phenoxy) is 2. The summed E-state index contributed by atoms with van der Waals surface area (Å²) >= 11 is 0.